The molecule has 1 aromatic carbocycles. The van der Waals surface area contributed by atoms with Crippen LogP contribution in [0.25, 0.3) is 0 Å². The molecule has 13 heteroatoms. The van der Waals surface area contributed by atoms with E-state index in [0.29, 0.717) is 0 Å². The number of halogens is 6. The van der Waals surface area contributed by atoms with Gasteiger partial charge in [0, 0.05) is 32.3 Å². The molecule has 0 unspecified atom stereocenters. The molecular formula is C24H32F6N2O5. The second-order valence-corrected chi connectivity index (χ2v) is 9.41. The summed E-state index contributed by atoms with van der Waals surface area (Å²) in [7, 11) is 0. The van der Waals surface area contributed by atoms with Crippen LogP contribution >= 0.6 is 0 Å². The summed E-state index contributed by atoms with van der Waals surface area (Å²) in [6, 6.07) is 9.56. The summed E-state index contributed by atoms with van der Waals surface area (Å²) in [5.74, 6) is -5.51. The number of aliphatic carboxylic acids is 2. The molecule has 3 aliphatic rings. The first-order valence-electron chi connectivity index (χ1n) is 11.9. The molecule has 4 rings (SSSR count). The third kappa shape index (κ3) is 9.78. The molecule has 3 heterocycles. The Balaban J connectivity index is 0.000000286. The molecule has 1 spiro atoms. The van der Waals surface area contributed by atoms with Crippen molar-refractivity contribution in [3.8, 4) is 0 Å². The van der Waals surface area contributed by atoms with Gasteiger partial charge in [0.1, 0.15) is 0 Å². The highest BCUT2D eigenvalue weighted by atomic mass is 19.4. The number of nitrogens with zero attached hydrogens (tertiary/aromatic N) is 2. The predicted molar refractivity (Wildman–Crippen MR) is 121 cm³/mol. The highest BCUT2D eigenvalue weighted by Crippen LogP contribution is 2.37. The number of carbonyl (C=O) groups is 2. The van der Waals surface area contributed by atoms with Crippen molar-refractivity contribution in [1.82, 2.24) is 9.80 Å². The molecule has 1 aromatic rings. The molecule has 2 atom stereocenters. The van der Waals surface area contributed by atoms with Gasteiger partial charge >= 0.3 is 24.3 Å². The number of hydrogen-bond donors (Lipinski definition) is 2. The first-order chi connectivity index (χ1) is 17.1. The lowest BCUT2D eigenvalue weighted by molar-refractivity contribution is -0.193. The molecule has 7 nitrogen and oxygen atoms in total. The van der Waals surface area contributed by atoms with Crippen molar-refractivity contribution >= 4 is 11.9 Å². The largest absolute Gasteiger partial charge is 0.490 e. The van der Waals surface area contributed by atoms with Gasteiger partial charge in [0.05, 0.1) is 5.60 Å². The van der Waals surface area contributed by atoms with E-state index in [1.165, 1.54) is 62.9 Å². The quantitative estimate of drug-likeness (QED) is 0.545. The zero-order valence-electron chi connectivity index (χ0n) is 20.4. The van der Waals surface area contributed by atoms with E-state index in [1.807, 2.05) is 0 Å². The zero-order chi connectivity index (χ0) is 27.9. The number of rotatable bonds is 3. The van der Waals surface area contributed by atoms with Crippen molar-refractivity contribution in [1.29, 1.82) is 0 Å². The summed E-state index contributed by atoms with van der Waals surface area (Å²) in [5.41, 5.74) is 3.01. The predicted octanol–water partition coefficient (Wildman–Crippen LogP) is 4.48. The fraction of sp³-hybridized carbons (Fsp3) is 0.667. The first-order valence-corrected chi connectivity index (χ1v) is 11.9. The van der Waals surface area contributed by atoms with Crippen LogP contribution in [0.1, 0.15) is 43.2 Å². The van der Waals surface area contributed by atoms with Crippen LogP contribution in [-0.4, -0.2) is 88.7 Å². The number of benzene rings is 1. The van der Waals surface area contributed by atoms with Gasteiger partial charge in [-0.1, -0.05) is 24.3 Å². The molecule has 0 saturated carbocycles. The molecule has 0 amide bonds. The Hall–Kier alpha value is -2.38. The highest BCUT2D eigenvalue weighted by Gasteiger charge is 2.44. The lowest BCUT2D eigenvalue weighted by Gasteiger charge is -2.41. The van der Waals surface area contributed by atoms with Crippen molar-refractivity contribution in [3.05, 3.63) is 35.4 Å². The van der Waals surface area contributed by atoms with Crippen molar-refractivity contribution in [2.75, 3.05) is 32.8 Å². The smallest absolute Gasteiger partial charge is 0.475 e. The molecule has 2 N–H and O–H groups in total. The van der Waals surface area contributed by atoms with Gasteiger partial charge in [0.15, 0.2) is 0 Å². The number of carboxylic acid groups (broad SMARTS) is 2. The Morgan fingerprint density at radius 3 is 2.05 bits per heavy atom. The van der Waals surface area contributed by atoms with Gasteiger partial charge < -0.3 is 19.8 Å². The van der Waals surface area contributed by atoms with Crippen LogP contribution in [0.3, 0.4) is 0 Å². The number of aryl methyl sites for hydroxylation is 1. The van der Waals surface area contributed by atoms with Gasteiger partial charge in [-0.05, 0) is 63.2 Å². The van der Waals surface area contributed by atoms with Gasteiger partial charge in [0.25, 0.3) is 0 Å². The molecule has 0 aliphatic carbocycles. The van der Waals surface area contributed by atoms with Crippen molar-refractivity contribution in [2.24, 2.45) is 0 Å². The second-order valence-electron chi connectivity index (χ2n) is 9.41. The van der Waals surface area contributed by atoms with Crippen LogP contribution < -0.4 is 0 Å². The summed E-state index contributed by atoms with van der Waals surface area (Å²) in [6.45, 7) is 9.18. The van der Waals surface area contributed by atoms with Crippen LogP contribution in [0.2, 0.25) is 0 Å². The Morgan fingerprint density at radius 1 is 1.00 bits per heavy atom. The van der Waals surface area contributed by atoms with E-state index < -0.39 is 24.3 Å². The molecule has 210 valence electrons. The summed E-state index contributed by atoms with van der Waals surface area (Å²) >= 11 is 0. The molecule has 0 aromatic heterocycles. The van der Waals surface area contributed by atoms with Crippen molar-refractivity contribution < 1.29 is 50.9 Å². The molecule has 3 aliphatic heterocycles. The average molecular weight is 543 g/mol. The van der Waals surface area contributed by atoms with E-state index in [4.69, 9.17) is 24.5 Å². The average Bonchev–Trinajstić information content (AvgIpc) is 3.46. The molecule has 3 saturated heterocycles. The molecule has 37 heavy (non-hydrogen) atoms. The number of alkyl halides is 6. The number of likely N-dealkylation sites (tertiary alicyclic amines) is 2. The minimum absolute atomic E-state index is 0.133. The topological polar surface area (TPSA) is 90.3 Å². The number of carboxylic acids is 2. The van der Waals surface area contributed by atoms with E-state index in [1.54, 1.807) is 0 Å². The van der Waals surface area contributed by atoms with E-state index in [0.717, 1.165) is 25.7 Å². The summed E-state index contributed by atoms with van der Waals surface area (Å²) < 4.78 is 69.8. The van der Waals surface area contributed by atoms with Gasteiger partial charge in [-0.25, -0.2) is 9.59 Å². The van der Waals surface area contributed by atoms with E-state index in [-0.39, 0.29) is 5.60 Å². The SMILES string of the molecule is Cc1ccccc1CN1CC[C@@]2(C[C@H](N3CCCC3)CCO2)C1.O=C(O)C(F)(F)F.O=C(O)C(F)(F)F. The van der Waals surface area contributed by atoms with Gasteiger partial charge in [0.2, 0.25) is 0 Å². The Labute approximate surface area is 211 Å². The fourth-order valence-electron chi connectivity index (χ4n) is 4.80. The minimum atomic E-state index is -5.08. The lowest BCUT2D eigenvalue weighted by atomic mass is 9.89. The zero-order valence-corrected chi connectivity index (χ0v) is 20.4. The summed E-state index contributed by atoms with van der Waals surface area (Å²) in [4.78, 5) is 23.1. The van der Waals surface area contributed by atoms with Gasteiger partial charge in [-0.15, -0.1) is 0 Å². The highest BCUT2D eigenvalue weighted by molar-refractivity contribution is 5.73. The Kier molecular flexibility index (Phi) is 10.8. The maximum absolute atomic E-state index is 10.6. The lowest BCUT2D eigenvalue weighted by Crippen LogP contribution is -2.49. The van der Waals surface area contributed by atoms with Crippen LogP contribution in [-0.2, 0) is 20.9 Å². The maximum Gasteiger partial charge on any atom is 0.490 e. The molecule has 0 radical (unpaired) electrons. The summed E-state index contributed by atoms with van der Waals surface area (Å²) in [6.07, 6.45) is -3.69. The monoisotopic (exact) mass is 542 g/mol. The van der Waals surface area contributed by atoms with Gasteiger partial charge in [-0.2, -0.15) is 26.3 Å². The van der Waals surface area contributed by atoms with Gasteiger partial charge in [-0.3, -0.25) is 4.90 Å². The standard InChI is InChI=1S/C20H30N2O.2C2HF3O2/c1-17-6-2-3-7-18(17)15-21-12-9-20(16-21)14-19(8-13-23-20)22-10-4-5-11-22;2*3-2(4,5)1(6)7/h2-3,6-7,19H,4-5,8-16H2,1H3;2*(H,6,7)/t19-,20-;;/m1../s1. The van der Waals surface area contributed by atoms with Crippen LogP contribution in [0.4, 0.5) is 26.3 Å². The van der Waals surface area contributed by atoms with E-state index in [9.17, 15) is 26.3 Å². The van der Waals surface area contributed by atoms with Crippen molar-refractivity contribution in [2.45, 2.75) is 69.6 Å². The Morgan fingerprint density at radius 2 is 1.54 bits per heavy atom. The third-order valence-corrected chi connectivity index (χ3v) is 6.66. The van der Waals surface area contributed by atoms with E-state index in [2.05, 4.69) is 41.0 Å². The number of ether oxygens (including phenoxy) is 1. The normalized spacial score (nSPS) is 24.7. The van der Waals surface area contributed by atoms with Crippen LogP contribution in [0.5, 0.6) is 0 Å². The fourth-order valence-corrected chi connectivity index (χ4v) is 4.80. The van der Waals surface area contributed by atoms with Crippen molar-refractivity contribution in [3.63, 3.8) is 0 Å². The van der Waals surface area contributed by atoms with Crippen LogP contribution in [0, 0.1) is 6.92 Å². The second kappa shape index (κ2) is 12.9. The van der Waals surface area contributed by atoms with E-state index >= 15 is 0 Å². The Bertz CT molecular complexity index is 880. The maximum atomic E-state index is 10.6. The number of hydrogen-bond acceptors (Lipinski definition) is 5. The first kappa shape index (κ1) is 30.8. The molecule has 3 fully saturated rings. The molecular weight excluding hydrogens is 510 g/mol. The summed E-state index contributed by atoms with van der Waals surface area (Å²) in [5, 5.41) is 14.2. The minimum Gasteiger partial charge on any atom is -0.475 e. The van der Waals surface area contributed by atoms with Crippen LogP contribution in [0.15, 0.2) is 24.3 Å². The molecule has 0 bridgehead atoms. The third-order valence-electron chi connectivity index (χ3n) is 6.66.